The minimum absolute atomic E-state index is 0.0986. The van der Waals surface area contributed by atoms with Crippen LogP contribution in [0.1, 0.15) is 11.3 Å². The van der Waals surface area contributed by atoms with Crippen LogP contribution in [0.25, 0.3) is 0 Å². The predicted molar refractivity (Wildman–Crippen MR) is 99.6 cm³/mol. The molecule has 2 rings (SSSR count). The van der Waals surface area contributed by atoms with Gasteiger partial charge in [-0.3, -0.25) is 4.79 Å². The van der Waals surface area contributed by atoms with E-state index in [9.17, 15) is 9.59 Å². The summed E-state index contributed by atoms with van der Waals surface area (Å²) in [4.78, 5) is 24.5. The number of urea groups is 1. The van der Waals surface area contributed by atoms with Gasteiger partial charge in [0.25, 0.3) is 0 Å². The summed E-state index contributed by atoms with van der Waals surface area (Å²) >= 11 is 8.28. The fraction of sp³-hybridized carbons (Fsp3) is 0.200. The van der Waals surface area contributed by atoms with Gasteiger partial charge in [0.1, 0.15) is 0 Å². The number of rotatable bonds is 6. The van der Waals surface area contributed by atoms with E-state index in [0.29, 0.717) is 12.2 Å². The molecule has 5 nitrogen and oxygen atoms in total. The van der Waals surface area contributed by atoms with Gasteiger partial charge in [-0.2, -0.15) is 0 Å². The van der Waals surface area contributed by atoms with Gasteiger partial charge in [0.05, 0.1) is 10.3 Å². The Balaban J connectivity index is 1.62. The lowest BCUT2D eigenvalue weighted by molar-refractivity contribution is -0.121. The van der Waals surface area contributed by atoms with Crippen molar-refractivity contribution in [2.45, 2.75) is 13.0 Å². The van der Waals surface area contributed by atoms with Crippen LogP contribution in [0.2, 0.25) is 0 Å². The highest BCUT2D eigenvalue weighted by Crippen LogP contribution is 2.21. The molecule has 8 heteroatoms. The van der Waals surface area contributed by atoms with Crippen LogP contribution in [-0.2, 0) is 11.3 Å². The van der Waals surface area contributed by atoms with E-state index >= 15 is 0 Å². The zero-order chi connectivity index (χ0) is 16.7. The number of anilines is 1. The van der Waals surface area contributed by atoms with Crippen molar-refractivity contribution < 1.29 is 9.59 Å². The Morgan fingerprint density at radius 3 is 2.39 bits per heavy atom. The third kappa shape index (κ3) is 6.72. The van der Waals surface area contributed by atoms with E-state index < -0.39 is 0 Å². The summed E-state index contributed by atoms with van der Waals surface area (Å²) in [7, 11) is 0. The minimum Gasteiger partial charge on any atom is -0.351 e. The zero-order valence-corrected chi connectivity index (χ0v) is 16.1. The van der Waals surface area contributed by atoms with Crippen molar-refractivity contribution in [3.05, 3.63) is 49.5 Å². The summed E-state index contributed by atoms with van der Waals surface area (Å²) in [6.45, 7) is 0.780. The lowest BCUT2D eigenvalue weighted by Crippen LogP contribution is -2.33. The molecule has 0 aliphatic carbocycles. The van der Waals surface area contributed by atoms with Gasteiger partial charge in [-0.1, -0.05) is 15.9 Å². The first-order valence-corrected chi connectivity index (χ1v) is 9.24. The summed E-state index contributed by atoms with van der Waals surface area (Å²) in [6, 6.07) is 10.8. The maximum atomic E-state index is 11.7. The van der Waals surface area contributed by atoms with E-state index in [0.717, 1.165) is 13.1 Å². The molecule has 0 radical (unpaired) electrons. The Bertz CT molecular complexity index is 674. The average Bonchev–Trinajstić information content (AvgIpc) is 2.93. The van der Waals surface area contributed by atoms with Gasteiger partial charge in [0.2, 0.25) is 5.91 Å². The van der Waals surface area contributed by atoms with Crippen LogP contribution in [0, 0.1) is 0 Å². The SMILES string of the molecule is O=C(CCNC(=O)Nc1ccc(Br)cc1)NCc1ccc(Br)s1. The van der Waals surface area contributed by atoms with E-state index in [4.69, 9.17) is 0 Å². The Morgan fingerprint density at radius 1 is 1.00 bits per heavy atom. The number of carbonyl (C=O) groups is 2. The van der Waals surface area contributed by atoms with Gasteiger partial charge < -0.3 is 16.0 Å². The van der Waals surface area contributed by atoms with E-state index in [-0.39, 0.29) is 24.9 Å². The molecule has 0 aliphatic heterocycles. The standard InChI is InChI=1S/C15H15Br2N3O2S/c16-10-1-3-11(4-2-10)20-15(22)18-8-7-14(21)19-9-12-5-6-13(17)23-12/h1-6H,7-9H2,(H,19,21)(H2,18,20,22). The molecule has 3 N–H and O–H groups in total. The molecule has 0 unspecified atom stereocenters. The summed E-state index contributed by atoms with van der Waals surface area (Å²) in [6.07, 6.45) is 0.236. The van der Waals surface area contributed by atoms with Crippen LogP contribution in [0.4, 0.5) is 10.5 Å². The van der Waals surface area contributed by atoms with Crippen molar-refractivity contribution in [1.29, 1.82) is 0 Å². The van der Waals surface area contributed by atoms with Crippen molar-refractivity contribution in [2.24, 2.45) is 0 Å². The number of hydrogen-bond acceptors (Lipinski definition) is 3. The Hall–Kier alpha value is -1.38. The molecule has 23 heavy (non-hydrogen) atoms. The molecular formula is C15H15Br2N3O2S. The van der Waals surface area contributed by atoms with Crippen molar-refractivity contribution in [3.8, 4) is 0 Å². The van der Waals surface area contributed by atoms with Crippen LogP contribution in [0.3, 0.4) is 0 Å². The molecule has 3 amide bonds. The van der Waals surface area contributed by atoms with Gasteiger partial charge >= 0.3 is 6.03 Å². The quantitative estimate of drug-likeness (QED) is 0.607. The average molecular weight is 461 g/mol. The van der Waals surface area contributed by atoms with Gasteiger partial charge in [0, 0.05) is 28.0 Å². The summed E-state index contributed by atoms with van der Waals surface area (Å²) in [5, 5.41) is 8.16. The first kappa shape index (κ1) is 18.0. The second kappa shape index (κ2) is 9.05. The van der Waals surface area contributed by atoms with Gasteiger partial charge in [-0.25, -0.2) is 4.79 Å². The predicted octanol–water partition coefficient (Wildman–Crippen LogP) is 4.10. The summed E-state index contributed by atoms with van der Waals surface area (Å²) < 4.78 is 1.98. The highest BCUT2D eigenvalue weighted by atomic mass is 79.9. The molecule has 0 atom stereocenters. The third-order valence-electron chi connectivity index (χ3n) is 2.83. The van der Waals surface area contributed by atoms with E-state index in [1.165, 1.54) is 0 Å². The van der Waals surface area contributed by atoms with Gasteiger partial charge in [0.15, 0.2) is 0 Å². The number of halogens is 2. The molecule has 1 aromatic heterocycles. The molecule has 0 saturated heterocycles. The van der Waals surface area contributed by atoms with Crippen molar-refractivity contribution in [1.82, 2.24) is 10.6 Å². The lowest BCUT2D eigenvalue weighted by atomic mass is 10.3. The second-order valence-corrected chi connectivity index (χ2v) is 8.08. The largest absolute Gasteiger partial charge is 0.351 e. The molecule has 0 saturated carbocycles. The third-order valence-corrected chi connectivity index (χ3v) is 4.98. The van der Waals surface area contributed by atoms with Gasteiger partial charge in [-0.15, -0.1) is 11.3 Å². The highest BCUT2D eigenvalue weighted by molar-refractivity contribution is 9.11. The van der Waals surface area contributed by atoms with E-state index in [1.54, 1.807) is 23.5 Å². The first-order valence-electron chi connectivity index (χ1n) is 6.84. The normalized spacial score (nSPS) is 10.2. The molecule has 1 heterocycles. The molecule has 1 aromatic carbocycles. The number of carbonyl (C=O) groups excluding carboxylic acids is 2. The molecule has 0 spiro atoms. The Morgan fingerprint density at radius 2 is 1.74 bits per heavy atom. The fourth-order valence-electron chi connectivity index (χ4n) is 1.72. The number of amides is 3. The van der Waals surface area contributed by atoms with Gasteiger partial charge in [-0.05, 0) is 52.3 Å². The number of benzene rings is 1. The smallest absolute Gasteiger partial charge is 0.319 e. The van der Waals surface area contributed by atoms with Crippen LogP contribution in [0.5, 0.6) is 0 Å². The van der Waals surface area contributed by atoms with Crippen molar-refractivity contribution in [3.63, 3.8) is 0 Å². The summed E-state index contributed by atoms with van der Waals surface area (Å²) in [5.74, 6) is -0.0986. The van der Waals surface area contributed by atoms with Crippen LogP contribution < -0.4 is 16.0 Å². The summed E-state index contributed by atoms with van der Waals surface area (Å²) in [5.41, 5.74) is 0.693. The maximum absolute atomic E-state index is 11.7. The van der Waals surface area contributed by atoms with Crippen LogP contribution in [-0.4, -0.2) is 18.5 Å². The monoisotopic (exact) mass is 459 g/mol. The second-order valence-electron chi connectivity index (χ2n) is 4.62. The molecule has 2 aromatic rings. The molecule has 122 valence electrons. The maximum Gasteiger partial charge on any atom is 0.319 e. The van der Waals surface area contributed by atoms with E-state index in [1.807, 2.05) is 24.3 Å². The Labute approximate surface area is 155 Å². The zero-order valence-electron chi connectivity index (χ0n) is 12.1. The first-order chi connectivity index (χ1) is 11.0. The fourth-order valence-corrected chi connectivity index (χ4v) is 3.41. The number of thiophene rings is 1. The Kier molecular flexibility index (Phi) is 7.07. The molecule has 0 aliphatic rings. The lowest BCUT2D eigenvalue weighted by Gasteiger charge is -2.08. The number of hydrogen-bond donors (Lipinski definition) is 3. The minimum atomic E-state index is -0.331. The molecular weight excluding hydrogens is 446 g/mol. The highest BCUT2D eigenvalue weighted by Gasteiger charge is 2.05. The van der Waals surface area contributed by atoms with Crippen LogP contribution in [0.15, 0.2) is 44.7 Å². The number of nitrogens with one attached hydrogen (secondary N) is 3. The molecule has 0 fully saturated rings. The van der Waals surface area contributed by atoms with Crippen molar-refractivity contribution in [2.75, 3.05) is 11.9 Å². The topological polar surface area (TPSA) is 70.2 Å². The molecule has 0 bridgehead atoms. The van der Waals surface area contributed by atoms with E-state index in [2.05, 4.69) is 47.8 Å². The van der Waals surface area contributed by atoms with Crippen molar-refractivity contribution >= 4 is 60.8 Å². The van der Waals surface area contributed by atoms with Crippen LogP contribution >= 0.6 is 43.2 Å².